The van der Waals surface area contributed by atoms with Gasteiger partial charge in [-0.05, 0) is 70.6 Å². The van der Waals surface area contributed by atoms with Gasteiger partial charge in [0, 0.05) is 19.4 Å². The first kappa shape index (κ1) is 50.5. The van der Waals surface area contributed by atoms with Gasteiger partial charge in [-0.3, -0.25) is 18.6 Å². The summed E-state index contributed by atoms with van der Waals surface area (Å²) < 4.78 is 32.7. The highest BCUT2D eigenvalue weighted by molar-refractivity contribution is 7.47. The number of hydrogen-bond donors (Lipinski definition) is 2. The zero-order chi connectivity index (χ0) is 38.9. The first-order valence-electron chi connectivity index (χ1n) is 20.4. The van der Waals surface area contributed by atoms with E-state index in [-0.39, 0.29) is 32.6 Å². The first-order chi connectivity index (χ1) is 25.8. The summed E-state index contributed by atoms with van der Waals surface area (Å²) in [6, 6.07) is 0. The molecule has 9 nitrogen and oxygen atoms in total. The van der Waals surface area contributed by atoms with E-state index >= 15 is 0 Å². The molecule has 0 aromatic carbocycles. The molecule has 0 amide bonds. The van der Waals surface area contributed by atoms with Crippen LogP contribution in [0.15, 0.2) is 72.9 Å². The summed E-state index contributed by atoms with van der Waals surface area (Å²) in [5.74, 6) is -0.906. The fraction of sp³-hybridized carbons (Fsp3) is 0.674. The third-order valence-corrected chi connectivity index (χ3v) is 9.06. The molecule has 0 aliphatic heterocycles. The number of ether oxygens (including phenoxy) is 2. The Balaban J connectivity index is 4.30. The summed E-state index contributed by atoms with van der Waals surface area (Å²) in [5.41, 5.74) is 5.34. The van der Waals surface area contributed by atoms with Crippen LogP contribution in [0.5, 0.6) is 0 Å². The average molecular weight is 764 g/mol. The minimum Gasteiger partial charge on any atom is -0.462 e. The highest BCUT2D eigenvalue weighted by Crippen LogP contribution is 2.43. The standard InChI is InChI=1S/C43H74NO8P/c1-3-5-7-9-11-13-15-17-19-20-22-23-25-27-29-31-33-35-42(45)49-39-41(40-51-53(47,48)50-38-37-44)52-43(46)36-34-32-30-28-26-24-21-18-16-14-12-10-8-6-4-2/h5,7,10-13,17,19,22-23,27,29,41H,3-4,6,8-9,14-16,18,20-21,24-26,28,30-40,44H2,1-2H3,(H,47,48)/b7-5+,12-10+,13-11+,19-17+,23-22+,29-27+/t41-/m1/s1. The molecule has 1 unspecified atom stereocenters. The number of hydrogen-bond acceptors (Lipinski definition) is 8. The van der Waals surface area contributed by atoms with Gasteiger partial charge in [-0.15, -0.1) is 0 Å². The average Bonchev–Trinajstić information content (AvgIpc) is 3.14. The monoisotopic (exact) mass is 764 g/mol. The van der Waals surface area contributed by atoms with E-state index < -0.39 is 32.5 Å². The van der Waals surface area contributed by atoms with Crippen molar-refractivity contribution in [2.24, 2.45) is 5.73 Å². The maximum Gasteiger partial charge on any atom is 0.472 e. The van der Waals surface area contributed by atoms with E-state index in [1.54, 1.807) is 0 Å². The van der Waals surface area contributed by atoms with Crippen LogP contribution in [-0.4, -0.2) is 49.3 Å². The molecule has 0 fully saturated rings. The van der Waals surface area contributed by atoms with Gasteiger partial charge in [-0.25, -0.2) is 4.57 Å². The van der Waals surface area contributed by atoms with Crippen molar-refractivity contribution in [3.63, 3.8) is 0 Å². The van der Waals surface area contributed by atoms with Crippen LogP contribution in [-0.2, 0) is 32.7 Å². The van der Waals surface area contributed by atoms with Crippen molar-refractivity contribution in [2.45, 2.75) is 161 Å². The molecule has 304 valence electrons. The lowest BCUT2D eigenvalue weighted by molar-refractivity contribution is -0.161. The molecule has 0 bridgehead atoms. The van der Waals surface area contributed by atoms with Crippen LogP contribution < -0.4 is 5.73 Å². The molecular weight excluding hydrogens is 689 g/mol. The van der Waals surface area contributed by atoms with Gasteiger partial charge in [0.2, 0.25) is 0 Å². The second-order valence-corrected chi connectivity index (χ2v) is 14.6. The van der Waals surface area contributed by atoms with Gasteiger partial charge in [0.1, 0.15) is 6.61 Å². The molecule has 0 spiro atoms. The van der Waals surface area contributed by atoms with E-state index in [1.807, 2.05) is 6.08 Å². The number of unbranched alkanes of at least 4 members (excludes halogenated alkanes) is 12. The number of phosphoric acid groups is 1. The Bertz CT molecular complexity index is 1100. The molecule has 0 radical (unpaired) electrons. The minimum atomic E-state index is -4.39. The van der Waals surface area contributed by atoms with Crippen molar-refractivity contribution < 1.29 is 37.6 Å². The minimum absolute atomic E-state index is 0.0423. The van der Waals surface area contributed by atoms with E-state index in [0.29, 0.717) is 12.8 Å². The van der Waals surface area contributed by atoms with E-state index in [0.717, 1.165) is 57.8 Å². The maximum atomic E-state index is 12.6. The Morgan fingerprint density at radius 3 is 1.62 bits per heavy atom. The van der Waals surface area contributed by atoms with Gasteiger partial charge in [-0.2, -0.15) is 0 Å². The summed E-state index contributed by atoms with van der Waals surface area (Å²) in [5, 5.41) is 0. The summed E-state index contributed by atoms with van der Waals surface area (Å²) in [7, 11) is -4.39. The number of carbonyl (C=O) groups excluding carboxylic acids is 2. The molecule has 0 aromatic heterocycles. The maximum absolute atomic E-state index is 12.6. The van der Waals surface area contributed by atoms with Crippen molar-refractivity contribution in [2.75, 3.05) is 26.4 Å². The van der Waals surface area contributed by atoms with Crippen LogP contribution >= 0.6 is 7.82 Å². The van der Waals surface area contributed by atoms with E-state index in [9.17, 15) is 19.0 Å². The van der Waals surface area contributed by atoms with Gasteiger partial charge in [0.05, 0.1) is 13.2 Å². The van der Waals surface area contributed by atoms with Crippen molar-refractivity contribution in [3.05, 3.63) is 72.9 Å². The molecule has 53 heavy (non-hydrogen) atoms. The number of rotatable bonds is 37. The van der Waals surface area contributed by atoms with Gasteiger partial charge in [0.25, 0.3) is 0 Å². The summed E-state index contributed by atoms with van der Waals surface area (Å²) >= 11 is 0. The fourth-order valence-electron chi connectivity index (χ4n) is 5.06. The van der Waals surface area contributed by atoms with E-state index in [4.69, 9.17) is 24.3 Å². The Hall–Kier alpha value is -2.55. The van der Waals surface area contributed by atoms with E-state index in [1.165, 1.54) is 57.8 Å². The lowest BCUT2D eigenvalue weighted by Crippen LogP contribution is -2.29. The summed E-state index contributed by atoms with van der Waals surface area (Å²) in [6.07, 6.45) is 46.5. The molecule has 10 heteroatoms. The smallest absolute Gasteiger partial charge is 0.462 e. The van der Waals surface area contributed by atoms with Crippen LogP contribution in [0.2, 0.25) is 0 Å². The van der Waals surface area contributed by atoms with Crippen LogP contribution in [0.25, 0.3) is 0 Å². The molecular formula is C43H74NO8P. The summed E-state index contributed by atoms with van der Waals surface area (Å²) in [4.78, 5) is 34.8. The predicted molar refractivity (Wildman–Crippen MR) is 219 cm³/mol. The van der Waals surface area contributed by atoms with Crippen LogP contribution in [0, 0.1) is 0 Å². The molecule has 3 N–H and O–H groups in total. The summed E-state index contributed by atoms with van der Waals surface area (Å²) in [6.45, 7) is 3.50. The largest absolute Gasteiger partial charge is 0.472 e. The highest BCUT2D eigenvalue weighted by Gasteiger charge is 2.25. The number of esters is 2. The number of nitrogens with two attached hydrogens (primary N) is 1. The van der Waals surface area contributed by atoms with Crippen molar-refractivity contribution in [1.82, 2.24) is 0 Å². The number of carbonyl (C=O) groups is 2. The van der Waals surface area contributed by atoms with Crippen LogP contribution in [0.3, 0.4) is 0 Å². The fourth-order valence-corrected chi connectivity index (χ4v) is 5.83. The predicted octanol–water partition coefficient (Wildman–Crippen LogP) is 11.5. The second-order valence-electron chi connectivity index (χ2n) is 13.1. The quantitative estimate of drug-likeness (QED) is 0.0274. The molecule has 0 aromatic rings. The van der Waals surface area contributed by atoms with E-state index in [2.05, 4.69) is 80.7 Å². The van der Waals surface area contributed by atoms with Gasteiger partial charge >= 0.3 is 19.8 Å². The third kappa shape index (κ3) is 39.0. The van der Waals surface area contributed by atoms with Crippen molar-refractivity contribution in [3.8, 4) is 0 Å². The Kier molecular flexibility index (Phi) is 37.3. The molecule has 2 atom stereocenters. The molecule has 0 heterocycles. The van der Waals surface area contributed by atoms with Crippen molar-refractivity contribution in [1.29, 1.82) is 0 Å². The third-order valence-electron chi connectivity index (χ3n) is 8.08. The SMILES string of the molecule is CC/C=C/C/C=C/C/C=C/C/C=C/C/C=C/CCCC(=O)OC[C@H](COP(=O)(O)OCCN)OC(=O)CCCCCCCCCCC/C=C/CCCC. The highest BCUT2D eigenvalue weighted by atomic mass is 31.2. The molecule has 0 aliphatic rings. The zero-order valence-corrected chi connectivity index (χ0v) is 34.1. The number of phosphoric ester groups is 1. The van der Waals surface area contributed by atoms with Gasteiger partial charge < -0.3 is 20.1 Å². The van der Waals surface area contributed by atoms with Crippen molar-refractivity contribution >= 4 is 19.8 Å². The molecule has 0 saturated carbocycles. The Labute approximate surface area is 322 Å². The molecule has 0 aliphatic carbocycles. The van der Waals surface area contributed by atoms with Gasteiger partial charge in [0.15, 0.2) is 6.10 Å². The zero-order valence-electron chi connectivity index (χ0n) is 33.2. The van der Waals surface area contributed by atoms with Crippen LogP contribution in [0.1, 0.15) is 155 Å². The lowest BCUT2D eigenvalue weighted by atomic mass is 10.1. The second kappa shape index (κ2) is 39.2. The molecule has 0 rings (SSSR count). The first-order valence-corrected chi connectivity index (χ1v) is 21.9. The lowest BCUT2D eigenvalue weighted by Gasteiger charge is -2.19. The number of allylic oxidation sites excluding steroid dienone is 12. The van der Waals surface area contributed by atoms with Gasteiger partial charge in [-0.1, -0.05) is 145 Å². The topological polar surface area (TPSA) is 134 Å². The Morgan fingerprint density at radius 1 is 0.585 bits per heavy atom. The molecule has 0 saturated heterocycles. The normalized spacial score (nSPS) is 14.1. The Morgan fingerprint density at radius 2 is 1.06 bits per heavy atom. The van der Waals surface area contributed by atoms with Crippen LogP contribution in [0.4, 0.5) is 0 Å².